The van der Waals surface area contributed by atoms with Crippen LogP contribution in [0.15, 0.2) is 23.5 Å². The minimum atomic E-state index is -0.175. The number of amides is 1. The number of hydrogen-bond acceptors (Lipinski definition) is 3. The zero-order valence-corrected chi connectivity index (χ0v) is 16.6. The molecule has 0 spiro atoms. The zero-order valence-electron chi connectivity index (χ0n) is 16.6. The van der Waals surface area contributed by atoms with E-state index in [0.29, 0.717) is 18.3 Å². The van der Waals surface area contributed by atoms with E-state index >= 15 is 0 Å². The molecule has 1 saturated carbocycles. The first-order chi connectivity index (χ1) is 12.2. The van der Waals surface area contributed by atoms with Gasteiger partial charge in [0, 0.05) is 47.8 Å². The number of carbonyl (C=O) groups is 2. The number of fused-ring (bicyclic) bond motifs is 5. The van der Waals surface area contributed by atoms with Gasteiger partial charge in [-0.05, 0) is 64.2 Å². The summed E-state index contributed by atoms with van der Waals surface area (Å²) in [7, 11) is 0. The van der Waals surface area contributed by atoms with E-state index in [1.807, 2.05) is 6.08 Å². The van der Waals surface area contributed by atoms with E-state index in [4.69, 9.17) is 0 Å². The third kappa shape index (κ3) is 2.82. The van der Waals surface area contributed by atoms with Gasteiger partial charge in [0.25, 0.3) is 0 Å². The Kier molecular flexibility index (Phi) is 4.09. The summed E-state index contributed by atoms with van der Waals surface area (Å²) in [4.78, 5) is 27.1. The molecule has 26 heavy (non-hydrogen) atoms. The SMILES string of the molecule is CC(C)(C)NC(=O)C1CC[C@H]2[C@@H]3CCC4=CC(=O)CCN4C3=CC[C@]12C. The van der Waals surface area contributed by atoms with Gasteiger partial charge in [-0.3, -0.25) is 9.59 Å². The van der Waals surface area contributed by atoms with Gasteiger partial charge in [-0.25, -0.2) is 0 Å². The van der Waals surface area contributed by atoms with Crippen molar-refractivity contribution in [2.75, 3.05) is 6.54 Å². The summed E-state index contributed by atoms with van der Waals surface area (Å²) in [6, 6.07) is 0. The largest absolute Gasteiger partial charge is 0.351 e. The molecule has 1 amide bonds. The topological polar surface area (TPSA) is 49.4 Å². The van der Waals surface area contributed by atoms with Gasteiger partial charge in [0.1, 0.15) is 0 Å². The monoisotopic (exact) mass is 356 g/mol. The van der Waals surface area contributed by atoms with Crippen LogP contribution < -0.4 is 5.32 Å². The number of allylic oxidation sites excluding steroid dienone is 4. The highest BCUT2D eigenvalue weighted by Gasteiger charge is 2.55. The molecule has 4 nitrogen and oxygen atoms in total. The second-order valence-electron chi connectivity index (χ2n) is 9.96. The lowest BCUT2D eigenvalue weighted by molar-refractivity contribution is -0.130. The molecule has 4 heteroatoms. The number of rotatable bonds is 1. The highest BCUT2D eigenvalue weighted by atomic mass is 16.2. The standard InChI is InChI=1S/C22H32N2O2/c1-21(2,3)23-20(26)18-8-7-17-16-6-5-14-13-15(25)10-12-24(14)19(16)9-11-22(17,18)4/h9,13,16-18H,5-8,10-12H2,1-4H3,(H,23,26)/t16-,17-,18?,22-/m0/s1. The maximum absolute atomic E-state index is 13.0. The highest BCUT2D eigenvalue weighted by Crippen LogP contribution is 2.60. The van der Waals surface area contributed by atoms with Crippen LogP contribution in [0.25, 0.3) is 0 Å². The van der Waals surface area contributed by atoms with Gasteiger partial charge in [-0.15, -0.1) is 0 Å². The molecule has 1 N–H and O–H groups in total. The van der Waals surface area contributed by atoms with Crippen molar-refractivity contribution >= 4 is 11.7 Å². The van der Waals surface area contributed by atoms with E-state index < -0.39 is 0 Å². The quantitative estimate of drug-likeness (QED) is 0.778. The average Bonchev–Trinajstić information content (AvgIpc) is 2.90. The number of carbonyl (C=O) groups excluding carboxylic acids is 2. The Morgan fingerprint density at radius 2 is 2.00 bits per heavy atom. The van der Waals surface area contributed by atoms with Gasteiger partial charge in [0.2, 0.25) is 5.91 Å². The van der Waals surface area contributed by atoms with Gasteiger partial charge < -0.3 is 10.2 Å². The van der Waals surface area contributed by atoms with Gasteiger partial charge in [-0.2, -0.15) is 0 Å². The highest BCUT2D eigenvalue weighted by molar-refractivity contribution is 5.91. The molecule has 142 valence electrons. The smallest absolute Gasteiger partial charge is 0.224 e. The fourth-order valence-electron chi connectivity index (χ4n) is 5.95. The van der Waals surface area contributed by atoms with Crippen LogP contribution in [0.2, 0.25) is 0 Å². The van der Waals surface area contributed by atoms with Gasteiger partial charge in [0.15, 0.2) is 5.78 Å². The van der Waals surface area contributed by atoms with Crippen molar-refractivity contribution in [3.8, 4) is 0 Å². The van der Waals surface area contributed by atoms with E-state index in [1.54, 1.807) is 0 Å². The first kappa shape index (κ1) is 17.8. The molecule has 4 rings (SSSR count). The lowest BCUT2D eigenvalue weighted by Crippen LogP contribution is -2.50. The third-order valence-electron chi connectivity index (χ3n) is 7.12. The van der Waals surface area contributed by atoms with Crippen LogP contribution in [-0.4, -0.2) is 28.7 Å². The van der Waals surface area contributed by atoms with Gasteiger partial charge in [-0.1, -0.05) is 13.0 Å². The Morgan fingerprint density at radius 1 is 1.23 bits per heavy atom. The molecule has 0 aromatic carbocycles. The maximum atomic E-state index is 13.0. The van der Waals surface area contributed by atoms with Crippen LogP contribution in [0.4, 0.5) is 0 Å². The molecule has 0 radical (unpaired) electrons. The molecule has 1 unspecified atom stereocenters. The van der Waals surface area contributed by atoms with Crippen molar-refractivity contribution in [3.05, 3.63) is 23.5 Å². The molecule has 2 aliphatic heterocycles. The van der Waals surface area contributed by atoms with E-state index in [9.17, 15) is 9.59 Å². The van der Waals surface area contributed by atoms with E-state index in [-0.39, 0.29) is 28.6 Å². The minimum absolute atomic E-state index is 0.0658. The predicted octanol–water partition coefficient (Wildman–Crippen LogP) is 3.79. The van der Waals surface area contributed by atoms with Crippen LogP contribution in [0.1, 0.15) is 66.2 Å². The van der Waals surface area contributed by atoms with Crippen molar-refractivity contribution in [2.45, 2.75) is 71.8 Å². The van der Waals surface area contributed by atoms with E-state index in [1.165, 1.54) is 11.4 Å². The summed E-state index contributed by atoms with van der Waals surface area (Å²) in [6.07, 6.45) is 10.1. The van der Waals surface area contributed by atoms with Crippen LogP contribution >= 0.6 is 0 Å². The first-order valence-corrected chi connectivity index (χ1v) is 10.2. The number of ketones is 1. The average molecular weight is 357 g/mol. The lowest BCUT2D eigenvalue weighted by atomic mass is 9.60. The summed E-state index contributed by atoms with van der Waals surface area (Å²) in [5, 5.41) is 3.22. The molecule has 0 aromatic rings. The van der Waals surface area contributed by atoms with Crippen LogP contribution in [0, 0.1) is 23.2 Å². The first-order valence-electron chi connectivity index (χ1n) is 10.2. The van der Waals surface area contributed by atoms with Crippen LogP contribution in [-0.2, 0) is 9.59 Å². The minimum Gasteiger partial charge on any atom is -0.351 e. The van der Waals surface area contributed by atoms with Crippen molar-refractivity contribution in [3.63, 3.8) is 0 Å². The molecule has 2 fully saturated rings. The van der Waals surface area contributed by atoms with Crippen LogP contribution in [0.3, 0.4) is 0 Å². The normalized spacial score (nSPS) is 36.5. The fourth-order valence-corrected chi connectivity index (χ4v) is 5.95. The van der Waals surface area contributed by atoms with Crippen LogP contribution in [0.5, 0.6) is 0 Å². The summed E-state index contributed by atoms with van der Waals surface area (Å²) < 4.78 is 0. The Balaban J connectivity index is 1.60. The molecular formula is C22H32N2O2. The summed E-state index contributed by atoms with van der Waals surface area (Å²) in [5.74, 6) is 1.75. The van der Waals surface area contributed by atoms with Crippen molar-refractivity contribution in [2.24, 2.45) is 23.2 Å². The van der Waals surface area contributed by atoms with Crippen molar-refractivity contribution in [1.29, 1.82) is 0 Å². The molecule has 1 saturated heterocycles. The Bertz CT molecular complexity index is 699. The third-order valence-corrected chi connectivity index (χ3v) is 7.12. The van der Waals surface area contributed by atoms with Gasteiger partial charge in [0.05, 0.1) is 0 Å². The molecule has 2 aliphatic carbocycles. The van der Waals surface area contributed by atoms with E-state index in [2.05, 4.69) is 44.0 Å². The number of piperidine rings is 1. The fraction of sp³-hybridized carbons (Fsp3) is 0.727. The lowest BCUT2D eigenvalue weighted by Gasteiger charge is -2.50. The van der Waals surface area contributed by atoms with Crippen molar-refractivity contribution < 1.29 is 9.59 Å². The van der Waals surface area contributed by atoms with Gasteiger partial charge >= 0.3 is 0 Å². The zero-order chi connectivity index (χ0) is 18.7. The van der Waals surface area contributed by atoms with Crippen molar-refractivity contribution in [1.82, 2.24) is 10.2 Å². The Labute approximate surface area is 157 Å². The molecule has 2 heterocycles. The molecule has 4 aliphatic rings. The second kappa shape index (κ2) is 5.97. The molecule has 0 aromatic heterocycles. The number of hydrogen-bond donors (Lipinski definition) is 1. The maximum Gasteiger partial charge on any atom is 0.224 e. The predicted molar refractivity (Wildman–Crippen MR) is 102 cm³/mol. The molecule has 0 bridgehead atoms. The summed E-state index contributed by atoms with van der Waals surface area (Å²) in [5.41, 5.74) is 2.55. The summed E-state index contributed by atoms with van der Waals surface area (Å²) >= 11 is 0. The molecular weight excluding hydrogens is 324 g/mol. The Hall–Kier alpha value is -1.58. The Morgan fingerprint density at radius 3 is 2.73 bits per heavy atom. The number of nitrogens with zero attached hydrogens (tertiary/aromatic N) is 1. The second-order valence-corrected chi connectivity index (χ2v) is 9.96. The molecule has 4 atom stereocenters. The van der Waals surface area contributed by atoms with E-state index in [0.717, 1.165) is 38.6 Å². The summed E-state index contributed by atoms with van der Waals surface area (Å²) in [6.45, 7) is 9.36. The number of nitrogens with one attached hydrogen (secondary N) is 1.